The van der Waals surface area contributed by atoms with Crippen molar-refractivity contribution >= 4 is 57.7 Å². The number of benzene rings is 6. The van der Waals surface area contributed by atoms with E-state index in [9.17, 15) is 14.4 Å². The van der Waals surface area contributed by atoms with E-state index >= 15 is 0 Å². The largest absolute Gasteiger partial charge is 0.497 e. The molecule has 3 N–H and O–H groups in total. The lowest BCUT2D eigenvalue weighted by atomic mass is 10.0. The zero-order chi connectivity index (χ0) is 35.6. The molecule has 0 spiro atoms. The van der Waals surface area contributed by atoms with E-state index in [1.165, 1.54) is 18.9 Å². The van der Waals surface area contributed by atoms with E-state index in [-0.39, 0.29) is 11.6 Å². The van der Waals surface area contributed by atoms with Crippen molar-refractivity contribution in [2.45, 2.75) is 10.1 Å². The number of anilines is 2. The van der Waals surface area contributed by atoms with Crippen LogP contribution in [0.1, 0.15) is 26.7 Å². The zero-order valence-electron chi connectivity index (χ0n) is 28.0. The first-order valence-electron chi connectivity index (χ1n) is 16.1. The third-order valence-electron chi connectivity index (χ3n) is 8.00. The van der Waals surface area contributed by atoms with Crippen molar-refractivity contribution in [3.8, 4) is 11.5 Å². The molecule has 0 saturated heterocycles. The summed E-state index contributed by atoms with van der Waals surface area (Å²) in [5.74, 6) is -0.108. The van der Waals surface area contributed by atoms with Crippen LogP contribution < -0.4 is 25.4 Å². The number of fused-ring (bicyclic) bond motifs is 1. The van der Waals surface area contributed by atoms with E-state index < -0.39 is 17.1 Å². The van der Waals surface area contributed by atoms with Crippen molar-refractivity contribution in [1.29, 1.82) is 0 Å². The predicted molar refractivity (Wildman–Crippen MR) is 204 cm³/mol. The van der Waals surface area contributed by atoms with Crippen LogP contribution in [0.4, 0.5) is 11.4 Å². The van der Waals surface area contributed by atoms with E-state index in [2.05, 4.69) is 16.0 Å². The molecule has 9 heteroatoms. The summed E-state index contributed by atoms with van der Waals surface area (Å²) in [6.07, 6.45) is 1.68. The maximum Gasteiger partial charge on any atom is 0.272 e. The first kappa shape index (κ1) is 34.5. The molecule has 0 fully saturated rings. The molecular weight excluding hydrogens is 659 g/mol. The Kier molecular flexibility index (Phi) is 11.1. The maximum atomic E-state index is 13.9. The van der Waals surface area contributed by atoms with Crippen molar-refractivity contribution in [2.24, 2.45) is 0 Å². The lowest BCUT2D eigenvalue weighted by Crippen LogP contribution is -2.30. The van der Waals surface area contributed by atoms with Gasteiger partial charge in [0.05, 0.1) is 19.9 Å². The van der Waals surface area contributed by atoms with Crippen molar-refractivity contribution in [2.75, 3.05) is 24.9 Å². The summed E-state index contributed by atoms with van der Waals surface area (Å²) in [4.78, 5) is 41.8. The highest BCUT2D eigenvalue weighted by Gasteiger charge is 2.24. The van der Waals surface area contributed by atoms with Crippen LogP contribution >= 0.6 is 11.8 Å². The molecule has 0 aromatic heterocycles. The smallest absolute Gasteiger partial charge is 0.272 e. The second-order valence-electron chi connectivity index (χ2n) is 11.4. The number of hydrogen-bond donors (Lipinski definition) is 3. The van der Waals surface area contributed by atoms with Gasteiger partial charge in [0, 0.05) is 22.2 Å². The first-order valence-corrected chi connectivity index (χ1v) is 17.0. The minimum absolute atomic E-state index is 0.0760. The molecule has 6 aromatic carbocycles. The van der Waals surface area contributed by atoms with Gasteiger partial charge < -0.3 is 25.4 Å². The van der Waals surface area contributed by atoms with Crippen LogP contribution in [-0.2, 0) is 9.59 Å². The van der Waals surface area contributed by atoms with Gasteiger partial charge in [-0.15, -0.1) is 11.8 Å². The molecule has 0 radical (unpaired) electrons. The molecule has 0 saturated carbocycles. The summed E-state index contributed by atoms with van der Waals surface area (Å²) in [7, 11) is 3.10. The van der Waals surface area contributed by atoms with Crippen molar-refractivity contribution in [3.05, 3.63) is 168 Å². The van der Waals surface area contributed by atoms with Crippen molar-refractivity contribution < 1.29 is 23.9 Å². The molecule has 1 atom stereocenters. The molecule has 0 heterocycles. The zero-order valence-corrected chi connectivity index (χ0v) is 28.8. The minimum atomic E-state index is -0.653. The second kappa shape index (κ2) is 16.4. The van der Waals surface area contributed by atoms with Crippen LogP contribution in [0.5, 0.6) is 11.5 Å². The number of ether oxygens (including phenoxy) is 2. The highest BCUT2D eigenvalue weighted by Crippen LogP contribution is 2.38. The number of carbonyl (C=O) groups is 3. The highest BCUT2D eigenvalue weighted by molar-refractivity contribution is 8.00. The summed E-state index contributed by atoms with van der Waals surface area (Å²) in [5, 5.41) is 10.1. The van der Waals surface area contributed by atoms with Gasteiger partial charge in [-0.25, -0.2) is 0 Å². The van der Waals surface area contributed by atoms with Crippen LogP contribution in [-0.4, -0.2) is 31.9 Å². The van der Waals surface area contributed by atoms with E-state index in [1.54, 1.807) is 73.8 Å². The third kappa shape index (κ3) is 8.65. The normalized spacial score (nSPS) is 11.7. The molecule has 6 aromatic rings. The van der Waals surface area contributed by atoms with E-state index in [0.717, 1.165) is 26.8 Å². The molecule has 0 aliphatic carbocycles. The van der Waals surface area contributed by atoms with Crippen LogP contribution in [0.2, 0.25) is 0 Å². The number of thioether (sulfide) groups is 1. The molecular formula is C42H35N3O5S. The van der Waals surface area contributed by atoms with E-state index in [0.29, 0.717) is 28.4 Å². The topological polar surface area (TPSA) is 106 Å². The number of carbonyl (C=O) groups excluding carboxylic acids is 3. The third-order valence-corrected chi connectivity index (χ3v) is 9.25. The fourth-order valence-electron chi connectivity index (χ4n) is 5.47. The number of nitrogens with one attached hydrogen (secondary N) is 3. The van der Waals surface area contributed by atoms with Gasteiger partial charge in [-0.3, -0.25) is 14.4 Å². The molecule has 3 amide bonds. The molecule has 0 bridgehead atoms. The van der Waals surface area contributed by atoms with Gasteiger partial charge in [0.25, 0.3) is 11.8 Å². The Balaban J connectivity index is 1.27. The Morgan fingerprint density at radius 1 is 0.686 bits per heavy atom. The number of methoxy groups -OCH3 is 2. The lowest BCUT2D eigenvalue weighted by molar-refractivity contribution is -0.116. The minimum Gasteiger partial charge on any atom is -0.497 e. The monoisotopic (exact) mass is 693 g/mol. The van der Waals surface area contributed by atoms with Gasteiger partial charge in [0.15, 0.2) is 0 Å². The predicted octanol–water partition coefficient (Wildman–Crippen LogP) is 8.74. The second-order valence-corrected chi connectivity index (χ2v) is 12.6. The lowest BCUT2D eigenvalue weighted by Gasteiger charge is -2.19. The summed E-state index contributed by atoms with van der Waals surface area (Å²) in [6, 6.07) is 44.3. The van der Waals surface area contributed by atoms with Gasteiger partial charge in [-0.05, 0) is 70.4 Å². The SMILES string of the molecule is COc1ccc(OC)c(NC(=O)C(Sc2cccc(NC(=O)/C(=C\c3cccc4ccccc34)NC(=O)c3ccccc3)c2)c2ccccc2)c1. The number of amides is 3. The molecule has 254 valence electrons. The van der Waals surface area contributed by atoms with Gasteiger partial charge in [0.2, 0.25) is 5.91 Å². The fraction of sp³-hybridized carbons (Fsp3) is 0.0714. The summed E-state index contributed by atoms with van der Waals surface area (Å²) < 4.78 is 10.8. The summed E-state index contributed by atoms with van der Waals surface area (Å²) in [6.45, 7) is 0. The Labute approximate surface area is 300 Å². The molecule has 8 nitrogen and oxygen atoms in total. The molecule has 0 aliphatic rings. The van der Waals surface area contributed by atoms with E-state index in [4.69, 9.17) is 9.47 Å². The highest BCUT2D eigenvalue weighted by atomic mass is 32.2. The molecule has 1 unspecified atom stereocenters. The summed E-state index contributed by atoms with van der Waals surface area (Å²) in [5.41, 5.74) is 3.04. The fourth-order valence-corrected chi connectivity index (χ4v) is 6.55. The first-order chi connectivity index (χ1) is 24.9. The van der Waals surface area contributed by atoms with Crippen LogP contribution in [0, 0.1) is 0 Å². The molecule has 51 heavy (non-hydrogen) atoms. The molecule has 0 aliphatic heterocycles. The molecule has 6 rings (SSSR count). The van der Waals surface area contributed by atoms with Gasteiger partial charge in [0.1, 0.15) is 22.4 Å². The average molecular weight is 694 g/mol. The van der Waals surface area contributed by atoms with Gasteiger partial charge in [-0.1, -0.05) is 97.1 Å². The Bertz CT molecular complexity index is 2200. The quantitative estimate of drug-likeness (QED) is 0.0875. The number of hydrogen-bond acceptors (Lipinski definition) is 6. The maximum absolute atomic E-state index is 13.9. The van der Waals surface area contributed by atoms with Gasteiger partial charge in [-0.2, -0.15) is 0 Å². The van der Waals surface area contributed by atoms with Crippen LogP contribution in [0.3, 0.4) is 0 Å². The van der Waals surface area contributed by atoms with Gasteiger partial charge >= 0.3 is 0 Å². The van der Waals surface area contributed by atoms with Crippen molar-refractivity contribution in [3.63, 3.8) is 0 Å². The van der Waals surface area contributed by atoms with Crippen LogP contribution in [0.15, 0.2) is 156 Å². The number of rotatable bonds is 12. The Morgan fingerprint density at radius 2 is 1.39 bits per heavy atom. The summed E-state index contributed by atoms with van der Waals surface area (Å²) >= 11 is 1.33. The average Bonchev–Trinajstić information content (AvgIpc) is 3.17. The Hall–Kier alpha value is -6.32. The standard InChI is InChI=1S/C42H35N3O5S/c1-49-33-23-24-38(50-2)36(27-33)44-42(48)39(29-14-5-3-6-15-29)51-34-21-12-20-32(26-34)43-41(47)37(45-40(46)30-16-7-4-8-17-30)25-31-19-11-18-28-13-9-10-22-35(28)31/h3-27,39H,1-2H3,(H,43,47)(H,44,48)(H,45,46)/b37-25+. The Morgan fingerprint density at radius 3 is 2.16 bits per heavy atom. The van der Waals surface area contributed by atoms with E-state index in [1.807, 2.05) is 84.9 Å². The van der Waals surface area contributed by atoms with Crippen LogP contribution in [0.25, 0.3) is 16.8 Å². The van der Waals surface area contributed by atoms with Crippen molar-refractivity contribution in [1.82, 2.24) is 5.32 Å².